The van der Waals surface area contributed by atoms with Crippen molar-refractivity contribution >= 4 is 23.4 Å². The van der Waals surface area contributed by atoms with E-state index in [1.54, 1.807) is 0 Å². The lowest BCUT2D eigenvalue weighted by Gasteiger charge is -2.25. The molecule has 1 unspecified atom stereocenters. The molecule has 0 saturated heterocycles. The third kappa shape index (κ3) is 4.42. The Morgan fingerprint density at radius 3 is 2.52 bits per heavy atom. The van der Waals surface area contributed by atoms with E-state index in [4.69, 9.17) is 0 Å². The van der Waals surface area contributed by atoms with Gasteiger partial charge in [0.1, 0.15) is 5.82 Å². The first-order chi connectivity index (χ1) is 12.0. The molecule has 134 valence electrons. The van der Waals surface area contributed by atoms with Gasteiger partial charge in [0, 0.05) is 11.7 Å². The van der Waals surface area contributed by atoms with E-state index in [1.807, 2.05) is 45.0 Å². The Morgan fingerprint density at radius 2 is 1.84 bits per heavy atom. The van der Waals surface area contributed by atoms with Crippen molar-refractivity contribution in [3.63, 3.8) is 0 Å². The summed E-state index contributed by atoms with van der Waals surface area (Å²) in [5, 5.41) is 12.2. The summed E-state index contributed by atoms with van der Waals surface area (Å²) >= 11 is 1.49. The fourth-order valence-electron chi connectivity index (χ4n) is 3.28. The zero-order valence-corrected chi connectivity index (χ0v) is 16.0. The number of nitrogens with one attached hydrogen (secondary N) is 1. The Kier molecular flexibility index (Phi) is 5.78. The molecule has 1 fully saturated rings. The van der Waals surface area contributed by atoms with Crippen molar-refractivity contribution < 1.29 is 4.79 Å². The Bertz CT molecular complexity index is 720. The van der Waals surface area contributed by atoms with Crippen LogP contribution in [0.25, 0.3) is 0 Å². The summed E-state index contributed by atoms with van der Waals surface area (Å²) < 4.78 is 2.24. The molecule has 1 aromatic carbocycles. The molecule has 2 aromatic rings. The summed E-state index contributed by atoms with van der Waals surface area (Å²) in [6.45, 7) is 5.95. The van der Waals surface area contributed by atoms with Crippen LogP contribution < -0.4 is 5.32 Å². The number of hydrogen-bond donors (Lipinski definition) is 1. The maximum Gasteiger partial charge on any atom is 0.237 e. The van der Waals surface area contributed by atoms with Gasteiger partial charge >= 0.3 is 0 Å². The number of carbonyl (C=O) groups is 1. The van der Waals surface area contributed by atoms with Crippen LogP contribution in [0.3, 0.4) is 0 Å². The molecular formula is C19H26N4OS. The summed E-state index contributed by atoms with van der Waals surface area (Å²) in [6.07, 6.45) is 6.19. The lowest BCUT2D eigenvalue weighted by atomic mass is 9.95. The zero-order valence-electron chi connectivity index (χ0n) is 15.2. The van der Waals surface area contributed by atoms with E-state index in [0.717, 1.165) is 16.7 Å². The van der Waals surface area contributed by atoms with E-state index in [9.17, 15) is 4.79 Å². The summed E-state index contributed by atoms with van der Waals surface area (Å²) in [5.74, 6) is 0.935. The SMILES string of the molecule is Cc1ccc(NC(=O)C(C)Sc2nnc(C)n2C2CCCCC2)cc1. The molecule has 0 spiro atoms. The highest BCUT2D eigenvalue weighted by molar-refractivity contribution is 8.00. The maximum absolute atomic E-state index is 12.5. The predicted octanol–water partition coefficient (Wildman–Crippen LogP) is 4.52. The van der Waals surface area contributed by atoms with Crippen molar-refractivity contribution in [2.75, 3.05) is 5.32 Å². The van der Waals surface area contributed by atoms with E-state index in [-0.39, 0.29) is 11.2 Å². The molecule has 0 bridgehead atoms. The van der Waals surface area contributed by atoms with Gasteiger partial charge in [-0.2, -0.15) is 0 Å². The topological polar surface area (TPSA) is 59.8 Å². The van der Waals surface area contributed by atoms with Crippen molar-refractivity contribution in [2.24, 2.45) is 0 Å². The van der Waals surface area contributed by atoms with Crippen molar-refractivity contribution in [3.05, 3.63) is 35.7 Å². The van der Waals surface area contributed by atoms with Crippen molar-refractivity contribution in [2.45, 2.75) is 69.3 Å². The van der Waals surface area contributed by atoms with Gasteiger partial charge in [-0.1, -0.05) is 48.7 Å². The smallest absolute Gasteiger partial charge is 0.237 e. The molecule has 1 aromatic heterocycles. The van der Waals surface area contributed by atoms with Gasteiger partial charge in [0.05, 0.1) is 5.25 Å². The van der Waals surface area contributed by atoms with Crippen molar-refractivity contribution in [1.29, 1.82) is 0 Å². The number of nitrogens with zero attached hydrogens (tertiary/aromatic N) is 3. The molecule has 0 aliphatic heterocycles. The Balaban J connectivity index is 1.67. The second kappa shape index (κ2) is 8.04. The number of anilines is 1. The van der Waals surface area contributed by atoms with Crippen LogP contribution in [0.1, 0.15) is 56.5 Å². The third-order valence-electron chi connectivity index (χ3n) is 4.75. The highest BCUT2D eigenvalue weighted by Gasteiger charge is 2.24. The Morgan fingerprint density at radius 1 is 1.16 bits per heavy atom. The standard InChI is InChI=1S/C19H26N4OS/c1-13-9-11-16(12-10-13)20-18(24)14(2)25-19-22-21-15(3)23(19)17-7-5-4-6-8-17/h9-12,14,17H,4-8H2,1-3H3,(H,20,24). The van der Waals surface area contributed by atoms with Gasteiger partial charge in [-0.15, -0.1) is 10.2 Å². The monoisotopic (exact) mass is 358 g/mol. The van der Waals surface area contributed by atoms with Gasteiger partial charge in [-0.25, -0.2) is 0 Å². The van der Waals surface area contributed by atoms with Crippen LogP contribution in [0.15, 0.2) is 29.4 Å². The van der Waals surface area contributed by atoms with Crippen LogP contribution in [0.5, 0.6) is 0 Å². The average molecular weight is 359 g/mol. The molecule has 1 saturated carbocycles. The number of thioether (sulfide) groups is 1. The molecule has 1 aliphatic carbocycles. The van der Waals surface area contributed by atoms with Crippen molar-refractivity contribution in [3.8, 4) is 0 Å². The first-order valence-electron chi connectivity index (χ1n) is 9.00. The van der Waals surface area contributed by atoms with Crippen LogP contribution in [-0.4, -0.2) is 25.9 Å². The summed E-state index contributed by atoms with van der Waals surface area (Å²) in [6, 6.07) is 8.32. The molecule has 0 radical (unpaired) electrons. The van der Waals surface area contributed by atoms with E-state index in [1.165, 1.54) is 49.4 Å². The first kappa shape index (κ1) is 18.0. The van der Waals surface area contributed by atoms with Crippen LogP contribution in [0.2, 0.25) is 0 Å². The molecule has 1 aliphatic rings. The quantitative estimate of drug-likeness (QED) is 0.798. The number of aryl methyl sites for hydroxylation is 2. The molecule has 5 nitrogen and oxygen atoms in total. The van der Waals surface area contributed by atoms with Gasteiger partial charge in [0.25, 0.3) is 0 Å². The zero-order chi connectivity index (χ0) is 17.8. The summed E-state index contributed by atoms with van der Waals surface area (Å²) in [5.41, 5.74) is 2.00. The van der Waals surface area contributed by atoms with Crippen LogP contribution >= 0.6 is 11.8 Å². The first-order valence-corrected chi connectivity index (χ1v) is 9.88. The number of carbonyl (C=O) groups excluding carboxylic acids is 1. The van der Waals surface area contributed by atoms with E-state index < -0.39 is 0 Å². The number of rotatable bonds is 5. The Labute approximate surface area is 153 Å². The van der Waals surface area contributed by atoms with Gasteiger partial charge < -0.3 is 9.88 Å². The number of aromatic nitrogens is 3. The minimum Gasteiger partial charge on any atom is -0.325 e. The van der Waals surface area contributed by atoms with Crippen LogP contribution in [0, 0.1) is 13.8 Å². The Hall–Kier alpha value is -1.82. The fraction of sp³-hybridized carbons (Fsp3) is 0.526. The second-order valence-corrected chi connectivity index (χ2v) is 8.11. The molecule has 1 heterocycles. The summed E-state index contributed by atoms with van der Waals surface area (Å²) in [4.78, 5) is 12.5. The molecule has 3 rings (SSSR count). The average Bonchev–Trinajstić information content (AvgIpc) is 2.98. The molecular weight excluding hydrogens is 332 g/mol. The summed E-state index contributed by atoms with van der Waals surface area (Å²) in [7, 11) is 0. The molecule has 25 heavy (non-hydrogen) atoms. The van der Waals surface area contributed by atoms with Crippen LogP contribution in [0.4, 0.5) is 5.69 Å². The molecule has 6 heteroatoms. The van der Waals surface area contributed by atoms with Gasteiger partial charge in [0.2, 0.25) is 5.91 Å². The fourth-order valence-corrected chi connectivity index (χ4v) is 4.25. The third-order valence-corrected chi connectivity index (χ3v) is 5.80. The maximum atomic E-state index is 12.5. The lowest BCUT2D eigenvalue weighted by molar-refractivity contribution is -0.115. The number of hydrogen-bond acceptors (Lipinski definition) is 4. The normalized spacial score (nSPS) is 16.6. The number of benzene rings is 1. The van der Waals surface area contributed by atoms with Gasteiger partial charge in [0.15, 0.2) is 5.16 Å². The van der Waals surface area contributed by atoms with E-state index in [0.29, 0.717) is 6.04 Å². The van der Waals surface area contributed by atoms with Crippen LogP contribution in [-0.2, 0) is 4.79 Å². The highest BCUT2D eigenvalue weighted by atomic mass is 32.2. The minimum atomic E-state index is -0.229. The molecule has 1 N–H and O–H groups in total. The van der Waals surface area contributed by atoms with Gasteiger partial charge in [-0.3, -0.25) is 4.79 Å². The second-order valence-electron chi connectivity index (χ2n) is 6.81. The number of amides is 1. The predicted molar refractivity (Wildman–Crippen MR) is 102 cm³/mol. The van der Waals surface area contributed by atoms with Crippen molar-refractivity contribution in [1.82, 2.24) is 14.8 Å². The van der Waals surface area contributed by atoms with E-state index in [2.05, 4.69) is 20.1 Å². The highest BCUT2D eigenvalue weighted by Crippen LogP contribution is 2.33. The van der Waals surface area contributed by atoms with E-state index >= 15 is 0 Å². The minimum absolute atomic E-state index is 0.00954. The lowest BCUT2D eigenvalue weighted by Crippen LogP contribution is -2.23. The largest absolute Gasteiger partial charge is 0.325 e. The molecule has 1 atom stereocenters. The molecule has 1 amide bonds. The van der Waals surface area contributed by atoms with Gasteiger partial charge in [-0.05, 0) is 45.7 Å².